The van der Waals surface area contributed by atoms with Gasteiger partial charge in [0.15, 0.2) is 0 Å². The summed E-state index contributed by atoms with van der Waals surface area (Å²) in [6.45, 7) is 1.92. The number of nitrogens with zero attached hydrogens (tertiary/aromatic N) is 3. The van der Waals surface area contributed by atoms with Crippen molar-refractivity contribution in [1.29, 1.82) is 5.26 Å². The predicted molar refractivity (Wildman–Crippen MR) is 53.8 cm³/mol. The van der Waals surface area contributed by atoms with Crippen LogP contribution in [-0.4, -0.2) is 21.9 Å². The van der Waals surface area contributed by atoms with Crippen LogP contribution in [-0.2, 0) is 0 Å². The zero-order chi connectivity index (χ0) is 11.1. The van der Waals surface area contributed by atoms with Crippen molar-refractivity contribution in [2.75, 3.05) is 0 Å². The molecule has 0 saturated carbocycles. The molecule has 1 rings (SSSR count). The Morgan fingerprint density at radius 2 is 2.27 bits per heavy atom. The van der Waals surface area contributed by atoms with E-state index in [9.17, 15) is 4.79 Å². The molecule has 0 saturated heterocycles. The van der Waals surface area contributed by atoms with Crippen molar-refractivity contribution < 1.29 is 4.79 Å². The molecule has 5 heteroatoms. The van der Waals surface area contributed by atoms with E-state index in [1.807, 2.05) is 13.0 Å². The number of carbonyl (C=O) groups excluding carboxylic acids is 1. The molecule has 0 aliphatic carbocycles. The largest absolute Gasteiger partial charge is 0.348 e. The van der Waals surface area contributed by atoms with Crippen LogP contribution in [0, 0.1) is 11.3 Å². The highest BCUT2D eigenvalue weighted by molar-refractivity contribution is 5.93. The molecule has 0 bridgehead atoms. The van der Waals surface area contributed by atoms with Crippen LogP contribution in [0.15, 0.2) is 18.7 Å². The van der Waals surface area contributed by atoms with Crippen molar-refractivity contribution >= 4 is 5.91 Å². The molecule has 0 radical (unpaired) electrons. The Morgan fingerprint density at radius 1 is 1.60 bits per heavy atom. The van der Waals surface area contributed by atoms with Gasteiger partial charge < -0.3 is 5.32 Å². The van der Waals surface area contributed by atoms with E-state index in [0.717, 1.165) is 6.42 Å². The Labute approximate surface area is 88.2 Å². The van der Waals surface area contributed by atoms with Crippen molar-refractivity contribution in [2.24, 2.45) is 0 Å². The maximum Gasteiger partial charge on any atom is 0.254 e. The monoisotopic (exact) mass is 204 g/mol. The second-order valence-corrected chi connectivity index (χ2v) is 3.07. The molecule has 15 heavy (non-hydrogen) atoms. The lowest BCUT2D eigenvalue weighted by atomic mass is 10.1. The van der Waals surface area contributed by atoms with Crippen LogP contribution in [0.1, 0.15) is 30.1 Å². The highest BCUT2D eigenvalue weighted by Crippen LogP contribution is 1.99. The minimum atomic E-state index is -0.238. The quantitative estimate of drug-likeness (QED) is 0.790. The average Bonchev–Trinajstić information content (AvgIpc) is 2.29. The van der Waals surface area contributed by atoms with E-state index in [1.165, 1.54) is 18.7 Å². The van der Waals surface area contributed by atoms with Crippen LogP contribution >= 0.6 is 0 Å². The molecular weight excluding hydrogens is 192 g/mol. The van der Waals surface area contributed by atoms with Crippen LogP contribution in [0.2, 0.25) is 0 Å². The lowest BCUT2D eigenvalue weighted by Gasteiger charge is -2.12. The second-order valence-electron chi connectivity index (χ2n) is 3.07. The molecule has 5 nitrogen and oxygen atoms in total. The molecule has 0 fully saturated rings. The van der Waals surface area contributed by atoms with Gasteiger partial charge in [-0.2, -0.15) is 5.26 Å². The zero-order valence-corrected chi connectivity index (χ0v) is 8.47. The Bertz CT molecular complexity index is 357. The van der Waals surface area contributed by atoms with E-state index in [4.69, 9.17) is 5.26 Å². The third-order valence-corrected chi connectivity index (χ3v) is 1.99. The summed E-state index contributed by atoms with van der Waals surface area (Å²) in [6, 6.07) is 1.92. The molecule has 1 N–H and O–H groups in total. The van der Waals surface area contributed by atoms with Gasteiger partial charge in [0, 0.05) is 18.4 Å². The Hall–Kier alpha value is -1.96. The lowest BCUT2D eigenvalue weighted by Crippen LogP contribution is -2.34. The van der Waals surface area contributed by atoms with E-state index < -0.39 is 0 Å². The first-order valence-corrected chi connectivity index (χ1v) is 4.70. The molecule has 1 unspecified atom stereocenters. The topological polar surface area (TPSA) is 78.7 Å². The third-order valence-electron chi connectivity index (χ3n) is 1.99. The third kappa shape index (κ3) is 3.35. The van der Waals surface area contributed by atoms with Crippen molar-refractivity contribution in [3.8, 4) is 6.07 Å². The number of aromatic nitrogens is 2. The zero-order valence-electron chi connectivity index (χ0n) is 8.47. The van der Waals surface area contributed by atoms with Gasteiger partial charge in [-0.1, -0.05) is 6.92 Å². The summed E-state index contributed by atoms with van der Waals surface area (Å²) in [6.07, 6.45) is 5.30. The molecule has 1 aromatic heterocycles. The summed E-state index contributed by atoms with van der Waals surface area (Å²) in [5.41, 5.74) is 0.411. The van der Waals surface area contributed by atoms with Crippen molar-refractivity contribution in [3.63, 3.8) is 0 Å². The van der Waals surface area contributed by atoms with Gasteiger partial charge in [-0.3, -0.25) is 4.79 Å². The minimum absolute atomic E-state index is 0.109. The van der Waals surface area contributed by atoms with E-state index in [-0.39, 0.29) is 11.9 Å². The SMILES string of the molecule is CCC(CC#N)NC(=O)c1cncnc1. The van der Waals surface area contributed by atoms with Gasteiger partial charge in [0.1, 0.15) is 6.33 Å². The highest BCUT2D eigenvalue weighted by Gasteiger charge is 2.11. The Morgan fingerprint density at radius 3 is 2.80 bits per heavy atom. The van der Waals surface area contributed by atoms with Gasteiger partial charge in [-0.15, -0.1) is 0 Å². The predicted octanol–water partition coefficient (Wildman–Crippen LogP) is 0.899. The first-order chi connectivity index (χ1) is 7.27. The average molecular weight is 204 g/mol. The van der Waals surface area contributed by atoms with Crippen LogP contribution in [0.4, 0.5) is 0 Å². The van der Waals surface area contributed by atoms with Crippen molar-refractivity contribution in [3.05, 3.63) is 24.3 Å². The summed E-state index contributed by atoms with van der Waals surface area (Å²) < 4.78 is 0. The molecule has 0 spiro atoms. The number of carbonyl (C=O) groups is 1. The van der Waals surface area contributed by atoms with Crippen LogP contribution in [0.25, 0.3) is 0 Å². The molecule has 1 aromatic rings. The summed E-state index contributed by atoms with van der Waals surface area (Å²) >= 11 is 0. The number of hydrogen-bond acceptors (Lipinski definition) is 4. The van der Waals surface area contributed by atoms with Crippen molar-refractivity contribution in [2.45, 2.75) is 25.8 Å². The number of nitriles is 1. The summed E-state index contributed by atoms with van der Waals surface area (Å²) in [4.78, 5) is 19.1. The number of rotatable bonds is 4. The first-order valence-electron chi connectivity index (χ1n) is 4.70. The summed E-state index contributed by atoms with van der Waals surface area (Å²) in [5, 5.41) is 11.3. The van der Waals surface area contributed by atoms with Gasteiger partial charge in [0.05, 0.1) is 18.1 Å². The fourth-order valence-corrected chi connectivity index (χ4v) is 1.09. The molecule has 1 heterocycles. The van der Waals surface area contributed by atoms with Crippen LogP contribution in [0.5, 0.6) is 0 Å². The smallest absolute Gasteiger partial charge is 0.254 e. The maximum atomic E-state index is 11.6. The van der Waals surface area contributed by atoms with Gasteiger partial charge >= 0.3 is 0 Å². The van der Waals surface area contributed by atoms with Crippen LogP contribution < -0.4 is 5.32 Å². The highest BCUT2D eigenvalue weighted by atomic mass is 16.1. The molecule has 78 valence electrons. The fraction of sp³-hybridized carbons (Fsp3) is 0.400. The fourth-order valence-electron chi connectivity index (χ4n) is 1.09. The normalized spacial score (nSPS) is 11.5. The molecule has 0 aromatic carbocycles. The van der Waals surface area contributed by atoms with E-state index in [2.05, 4.69) is 15.3 Å². The van der Waals surface area contributed by atoms with E-state index in [0.29, 0.717) is 12.0 Å². The van der Waals surface area contributed by atoms with Gasteiger partial charge in [0.2, 0.25) is 0 Å². The van der Waals surface area contributed by atoms with Gasteiger partial charge in [-0.05, 0) is 6.42 Å². The number of nitrogens with one attached hydrogen (secondary N) is 1. The molecule has 1 amide bonds. The molecule has 1 atom stereocenters. The maximum absolute atomic E-state index is 11.6. The van der Waals surface area contributed by atoms with E-state index >= 15 is 0 Å². The Balaban J connectivity index is 2.59. The summed E-state index contributed by atoms with van der Waals surface area (Å²) in [5.74, 6) is -0.238. The first kappa shape index (κ1) is 11.1. The molecular formula is C10H12N4O. The second kappa shape index (κ2) is 5.70. The molecule has 0 aliphatic heterocycles. The van der Waals surface area contributed by atoms with Crippen LogP contribution in [0.3, 0.4) is 0 Å². The number of amides is 1. The van der Waals surface area contributed by atoms with Crippen molar-refractivity contribution in [1.82, 2.24) is 15.3 Å². The molecule has 0 aliphatic rings. The number of hydrogen-bond donors (Lipinski definition) is 1. The van der Waals surface area contributed by atoms with E-state index in [1.54, 1.807) is 0 Å². The lowest BCUT2D eigenvalue weighted by molar-refractivity contribution is 0.0936. The van der Waals surface area contributed by atoms with Gasteiger partial charge in [0.25, 0.3) is 5.91 Å². The Kier molecular flexibility index (Phi) is 4.23. The minimum Gasteiger partial charge on any atom is -0.348 e. The van der Waals surface area contributed by atoms with Gasteiger partial charge in [-0.25, -0.2) is 9.97 Å². The summed E-state index contributed by atoms with van der Waals surface area (Å²) in [7, 11) is 0. The standard InChI is InChI=1S/C10H12N4O/c1-2-9(3-4-11)14-10(15)8-5-12-7-13-6-8/h5-7,9H,2-3H2,1H3,(H,14,15).